The molecule has 1 saturated carbocycles. The van der Waals surface area contributed by atoms with Crippen LogP contribution in [-0.4, -0.2) is 21.1 Å². The Morgan fingerprint density at radius 1 is 0.955 bits per heavy atom. The maximum atomic E-state index is 9.35. The van der Waals surface area contributed by atoms with Crippen LogP contribution >= 0.6 is 0 Å². The topological polar surface area (TPSA) is 70.1 Å². The predicted octanol–water partition coefficient (Wildman–Crippen LogP) is 3.65. The molecule has 0 spiro atoms. The van der Waals surface area contributed by atoms with Crippen LogP contribution in [0, 0.1) is 0 Å². The van der Waals surface area contributed by atoms with E-state index >= 15 is 0 Å². The van der Waals surface area contributed by atoms with Gasteiger partial charge in [-0.3, -0.25) is 0 Å². The van der Waals surface area contributed by atoms with Crippen LogP contribution in [0.1, 0.15) is 12.8 Å². The largest absolute Gasteiger partial charge is 0.508 e. The molecule has 0 atom stereocenters. The summed E-state index contributed by atoms with van der Waals surface area (Å²) in [5, 5.41) is 17.0. The number of nitrogens with one attached hydrogen (secondary N) is 2. The molecule has 2 aromatic carbocycles. The highest BCUT2D eigenvalue weighted by Crippen LogP contribution is 2.29. The molecule has 1 fully saturated rings. The molecule has 22 heavy (non-hydrogen) atoms. The summed E-state index contributed by atoms with van der Waals surface area (Å²) in [4.78, 5) is 9.16. The van der Waals surface area contributed by atoms with Gasteiger partial charge in [0.05, 0.1) is 5.52 Å². The van der Waals surface area contributed by atoms with Gasteiger partial charge in [0.25, 0.3) is 0 Å². The number of hydrogen-bond donors (Lipinski definition) is 3. The van der Waals surface area contributed by atoms with Crippen molar-refractivity contribution < 1.29 is 5.11 Å². The van der Waals surface area contributed by atoms with E-state index in [1.54, 1.807) is 24.3 Å². The van der Waals surface area contributed by atoms with Crippen molar-refractivity contribution in [3.63, 3.8) is 0 Å². The highest BCUT2D eigenvalue weighted by Gasteiger charge is 2.22. The summed E-state index contributed by atoms with van der Waals surface area (Å²) in [6.45, 7) is 0. The van der Waals surface area contributed by atoms with Gasteiger partial charge in [0.15, 0.2) is 0 Å². The molecule has 1 aliphatic carbocycles. The molecule has 3 aromatic rings. The molecule has 1 aromatic heterocycles. The minimum Gasteiger partial charge on any atom is -0.508 e. The van der Waals surface area contributed by atoms with Crippen molar-refractivity contribution in [3.05, 3.63) is 48.5 Å². The summed E-state index contributed by atoms with van der Waals surface area (Å²) in [5.41, 5.74) is 1.74. The Labute approximate surface area is 128 Å². The Balaban J connectivity index is 1.71. The number of nitrogens with zero attached hydrogens (tertiary/aromatic N) is 2. The zero-order chi connectivity index (χ0) is 14.9. The Hall–Kier alpha value is -2.82. The third-order valence-corrected chi connectivity index (χ3v) is 3.64. The minimum atomic E-state index is 0.237. The quantitative estimate of drug-likeness (QED) is 0.640. The summed E-state index contributed by atoms with van der Waals surface area (Å²) in [5.74, 6) is 1.66. The lowest BCUT2D eigenvalue weighted by atomic mass is 10.2. The second-order valence-electron chi connectivity index (χ2n) is 5.50. The first-order valence-corrected chi connectivity index (χ1v) is 7.37. The monoisotopic (exact) mass is 292 g/mol. The van der Waals surface area contributed by atoms with Gasteiger partial charge < -0.3 is 15.7 Å². The number of aromatic nitrogens is 2. The first kappa shape index (κ1) is 12.9. The number of anilines is 3. The molecule has 0 bridgehead atoms. The Morgan fingerprint density at radius 3 is 2.50 bits per heavy atom. The summed E-state index contributed by atoms with van der Waals surface area (Å²) >= 11 is 0. The molecule has 0 radical (unpaired) electrons. The van der Waals surface area contributed by atoms with E-state index in [4.69, 9.17) is 0 Å². The normalized spacial score (nSPS) is 14.0. The van der Waals surface area contributed by atoms with Crippen LogP contribution in [0.25, 0.3) is 10.9 Å². The first-order valence-electron chi connectivity index (χ1n) is 7.37. The van der Waals surface area contributed by atoms with Crippen LogP contribution in [-0.2, 0) is 0 Å². The molecule has 0 amide bonds. The summed E-state index contributed by atoms with van der Waals surface area (Å²) in [6, 6.07) is 15.4. The van der Waals surface area contributed by atoms with Gasteiger partial charge in [-0.25, -0.2) is 4.98 Å². The number of phenols is 1. The lowest BCUT2D eigenvalue weighted by molar-refractivity contribution is 0.475. The number of fused-ring (bicyclic) bond motifs is 1. The van der Waals surface area contributed by atoms with Crippen LogP contribution < -0.4 is 10.6 Å². The smallest absolute Gasteiger partial charge is 0.229 e. The van der Waals surface area contributed by atoms with Gasteiger partial charge in [0.2, 0.25) is 5.95 Å². The Bertz CT molecular complexity index is 813. The van der Waals surface area contributed by atoms with Gasteiger partial charge in [-0.2, -0.15) is 4.98 Å². The van der Waals surface area contributed by atoms with Crippen molar-refractivity contribution in [1.82, 2.24) is 9.97 Å². The highest BCUT2D eigenvalue weighted by molar-refractivity contribution is 5.90. The number of aromatic hydroxyl groups is 1. The maximum absolute atomic E-state index is 9.35. The zero-order valence-corrected chi connectivity index (χ0v) is 12.0. The Morgan fingerprint density at radius 2 is 1.73 bits per heavy atom. The standard InChI is InChI=1S/C17H16N4O/c22-13-9-7-12(8-10-13)19-17-20-15-4-2-1-3-14(15)16(21-17)18-11-5-6-11/h1-4,7-11,22H,5-6H2,(H2,18,19,20,21). The molecule has 5 nitrogen and oxygen atoms in total. The van der Waals surface area contributed by atoms with Gasteiger partial charge >= 0.3 is 0 Å². The fourth-order valence-corrected chi connectivity index (χ4v) is 2.34. The third kappa shape index (κ3) is 2.65. The molecule has 110 valence electrons. The average Bonchev–Trinajstić information content (AvgIpc) is 3.34. The van der Waals surface area contributed by atoms with E-state index < -0.39 is 0 Å². The van der Waals surface area contributed by atoms with Crippen LogP contribution in [0.4, 0.5) is 17.5 Å². The highest BCUT2D eigenvalue weighted by atomic mass is 16.3. The fourth-order valence-electron chi connectivity index (χ4n) is 2.34. The molecule has 5 heteroatoms. The summed E-state index contributed by atoms with van der Waals surface area (Å²) < 4.78 is 0. The predicted molar refractivity (Wildman–Crippen MR) is 87.6 cm³/mol. The van der Waals surface area contributed by atoms with Crippen molar-refractivity contribution in [3.8, 4) is 5.75 Å². The lowest BCUT2D eigenvalue weighted by Gasteiger charge is -2.11. The lowest BCUT2D eigenvalue weighted by Crippen LogP contribution is -2.07. The first-order chi connectivity index (χ1) is 10.8. The molecular formula is C17H16N4O. The van der Waals surface area contributed by atoms with Gasteiger partial charge in [-0.05, 0) is 49.2 Å². The van der Waals surface area contributed by atoms with Crippen LogP contribution in [0.2, 0.25) is 0 Å². The minimum absolute atomic E-state index is 0.237. The zero-order valence-electron chi connectivity index (χ0n) is 12.0. The van der Waals surface area contributed by atoms with Crippen molar-refractivity contribution in [2.75, 3.05) is 10.6 Å². The average molecular weight is 292 g/mol. The van der Waals surface area contributed by atoms with Gasteiger partial charge in [-0.15, -0.1) is 0 Å². The molecule has 1 aliphatic rings. The van der Waals surface area contributed by atoms with Crippen LogP contribution in [0.15, 0.2) is 48.5 Å². The maximum Gasteiger partial charge on any atom is 0.229 e. The molecule has 3 N–H and O–H groups in total. The van der Waals surface area contributed by atoms with E-state index in [9.17, 15) is 5.11 Å². The summed E-state index contributed by atoms with van der Waals surface area (Å²) in [6.07, 6.45) is 2.39. The van der Waals surface area contributed by atoms with Gasteiger partial charge in [0.1, 0.15) is 11.6 Å². The molecule has 4 rings (SSSR count). The Kier molecular flexibility index (Phi) is 3.04. The van der Waals surface area contributed by atoms with Crippen LogP contribution in [0.5, 0.6) is 5.75 Å². The SMILES string of the molecule is Oc1ccc(Nc2nc(NC3CC3)c3ccccc3n2)cc1. The molecule has 0 saturated heterocycles. The van der Waals surface area contributed by atoms with Gasteiger partial charge in [0, 0.05) is 17.1 Å². The van der Waals surface area contributed by atoms with E-state index in [0.29, 0.717) is 12.0 Å². The van der Waals surface area contributed by atoms with Crippen molar-refractivity contribution in [2.24, 2.45) is 0 Å². The number of hydrogen-bond acceptors (Lipinski definition) is 5. The molecule has 0 aliphatic heterocycles. The van der Waals surface area contributed by atoms with Crippen LogP contribution in [0.3, 0.4) is 0 Å². The number of phenolic OH excluding ortho intramolecular Hbond substituents is 1. The second-order valence-corrected chi connectivity index (χ2v) is 5.50. The van der Waals surface area contributed by atoms with E-state index in [-0.39, 0.29) is 5.75 Å². The van der Waals surface area contributed by atoms with Gasteiger partial charge in [-0.1, -0.05) is 12.1 Å². The second kappa shape index (κ2) is 5.18. The number of rotatable bonds is 4. The number of benzene rings is 2. The molecular weight excluding hydrogens is 276 g/mol. The van der Waals surface area contributed by atoms with E-state index in [1.807, 2.05) is 24.3 Å². The number of para-hydroxylation sites is 1. The van der Waals surface area contributed by atoms with E-state index in [2.05, 4.69) is 20.6 Å². The van der Waals surface area contributed by atoms with Crippen molar-refractivity contribution in [1.29, 1.82) is 0 Å². The molecule has 1 heterocycles. The molecule has 0 unspecified atom stereocenters. The summed E-state index contributed by atoms with van der Waals surface area (Å²) in [7, 11) is 0. The van der Waals surface area contributed by atoms with E-state index in [0.717, 1.165) is 22.4 Å². The van der Waals surface area contributed by atoms with Crippen molar-refractivity contribution >= 4 is 28.4 Å². The fraction of sp³-hybridized carbons (Fsp3) is 0.176. The van der Waals surface area contributed by atoms with Crippen molar-refractivity contribution in [2.45, 2.75) is 18.9 Å². The van der Waals surface area contributed by atoms with E-state index in [1.165, 1.54) is 12.8 Å². The third-order valence-electron chi connectivity index (χ3n) is 3.64.